The third kappa shape index (κ3) is 2.19. The highest BCUT2D eigenvalue weighted by Crippen LogP contribution is 2.28. The van der Waals surface area contributed by atoms with Crippen LogP contribution in [-0.2, 0) is 6.42 Å². The Morgan fingerprint density at radius 3 is 2.95 bits per heavy atom. The normalized spacial score (nSPS) is 12.9. The molecule has 19 heavy (non-hydrogen) atoms. The van der Waals surface area contributed by atoms with Gasteiger partial charge in [0, 0.05) is 22.0 Å². The number of hydrogen-bond donors (Lipinski definition) is 0. The second-order valence-corrected chi connectivity index (χ2v) is 5.52. The van der Waals surface area contributed by atoms with E-state index in [2.05, 4.69) is 15.9 Å². The molecule has 0 spiro atoms. The number of fused-ring (bicyclic) bond motifs is 1. The quantitative estimate of drug-likeness (QED) is 0.785. The lowest BCUT2D eigenvalue weighted by molar-refractivity contribution is 0.103. The van der Waals surface area contributed by atoms with Gasteiger partial charge in [-0.3, -0.25) is 4.79 Å². The van der Waals surface area contributed by atoms with Gasteiger partial charge in [-0.05, 0) is 42.3 Å². The fraction of sp³-hybridized carbons (Fsp3) is 0.188. The number of hydrogen-bond acceptors (Lipinski definition) is 2. The Morgan fingerprint density at radius 1 is 1.26 bits per heavy atom. The molecule has 2 aromatic rings. The molecule has 0 fully saturated rings. The van der Waals surface area contributed by atoms with Crippen molar-refractivity contribution in [3.05, 3.63) is 63.1 Å². The van der Waals surface area contributed by atoms with Crippen LogP contribution in [0.3, 0.4) is 0 Å². The molecule has 1 aliphatic rings. The van der Waals surface area contributed by atoms with Gasteiger partial charge in [-0.2, -0.15) is 0 Å². The maximum absolute atomic E-state index is 12.6. The predicted molar refractivity (Wildman–Crippen MR) is 78.0 cm³/mol. The summed E-state index contributed by atoms with van der Waals surface area (Å²) in [7, 11) is 0. The van der Waals surface area contributed by atoms with Crippen molar-refractivity contribution in [1.29, 1.82) is 0 Å². The van der Waals surface area contributed by atoms with Crippen molar-refractivity contribution in [2.24, 2.45) is 0 Å². The standard InChI is InChI=1S/C16H13BrO2/c1-10-13(3-2-4-14(10)17)16(18)12-5-6-15-11(9-12)7-8-19-15/h2-6,9H,7-8H2,1H3. The summed E-state index contributed by atoms with van der Waals surface area (Å²) >= 11 is 3.46. The van der Waals surface area contributed by atoms with Crippen molar-refractivity contribution in [3.8, 4) is 5.75 Å². The third-order valence-electron chi connectivity index (χ3n) is 3.46. The van der Waals surface area contributed by atoms with E-state index in [1.807, 2.05) is 43.3 Å². The molecule has 0 saturated carbocycles. The van der Waals surface area contributed by atoms with Crippen LogP contribution >= 0.6 is 15.9 Å². The van der Waals surface area contributed by atoms with E-state index in [9.17, 15) is 4.79 Å². The molecule has 0 atom stereocenters. The smallest absolute Gasteiger partial charge is 0.193 e. The molecular weight excluding hydrogens is 304 g/mol. The van der Waals surface area contributed by atoms with E-state index < -0.39 is 0 Å². The summed E-state index contributed by atoms with van der Waals surface area (Å²) in [5, 5.41) is 0. The zero-order valence-corrected chi connectivity index (χ0v) is 12.2. The van der Waals surface area contributed by atoms with Crippen LogP contribution in [0.5, 0.6) is 5.75 Å². The summed E-state index contributed by atoms with van der Waals surface area (Å²) < 4.78 is 6.42. The largest absolute Gasteiger partial charge is 0.493 e. The lowest BCUT2D eigenvalue weighted by Gasteiger charge is -2.08. The fourth-order valence-corrected chi connectivity index (χ4v) is 2.70. The summed E-state index contributed by atoms with van der Waals surface area (Å²) in [5.41, 5.74) is 3.57. The van der Waals surface area contributed by atoms with Gasteiger partial charge in [0.2, 0.25) is 0 Å². The van der Waals surface area contributed by atoms with E-state index in [0.717, 1.165) is 38.9 Å². The molecule has 0 N–H and O–H groups in total. The van der Waals surface area contributed by atoms with E-state index in [1.165, 1.54) is 0 Å². The first-order valence-corrected chi connectivity index (χ1v) is 7.01. The van der Waals surface area contributed by atoms with E-state index in [1.54, 1.807) is 0 Å². The minimum absolute atomic E-state index is 0.0634. The first-order chi connectivity index (χ1) is 9.16. The lowest BCUT2D eigenvalue weighted by Crippen LogP contribution is -2.04. The summed E-state index contributed by atoms with van der Waals surface area (Å²) in [6, 6.07) is 11.4. The molecule has 0 amide bonds. The molecule has 2 nitrogen and oxygen atoms in total. The van der Waals surface area contributed by atoms with Gasteiger partial charge in [0.05, 0.1) is 6.61 Å². The molecule has 0 radical (unpaired) electrons. The van der Waals surface area contributed by atoms with Gasteiger partial charge in [0.25, 0.3) is 0 Å². The first-order valence-electron chi connectivity index (χ1n) is 6.22. The van der Waals surface area contributed by atoms with Crippen molar-refractivity contribution in [2.45, 2.75) is 13.3 Å². The zero-order valence-electron chi connectivity index (χ0n) is 10.6. The second kappa shape index (κ2) is 4.82. The highest BCUT2D eigenvalue weighted by molar-refractivity contribution is 9.10. The van der Waals surface area contributed by atoms with Crippen molar-refractivity contribution in [2.75, 3.05) is 6.61 Å². The van der Waals surface area contributed by atoms with Gasteiger partial charge in [0.1, 0.15) is 5.75 Å². The predicted octanol–water partition coefficient (Wildman–Crippen LogP) is 3.92. The van der Waals surface area contributed by atoms with Crippen LogP contribution in [0.2, 0.25) is 0 Å². The second-order valence-electron chi connectivity index (χ2n) is 4.66. The Kier molecular flexibility index (Phi) is 3.15. The Morgan fingerprint density at radius 2 is 2.11 bits per heavy atom. The molecule has 0 aromatic heterocycles. The number of carbonyl (C=O) groups is 1. The molecule has 96 valence electrons. The maximum atomic E-state index is 12.6. The molecule has 0 bridgehead atoms. The molecule has 0 aliphatic carbocycles. The number of benzene rings is 2. The summed E-state index contributed by atoms with van der Waals surface area (Å²) in [6.07, 6.45) is 0.883. The van der Waals surface area contributed by atoms with Crippen LogP contribution < -0.4 is 4.74 Å². The van der Waals surface area contributed by atoms with Crippen LogP contribution in [0.25, 0.3) is 0 Å². The molecular formula is C16H13BrO2. The molecule has 3 rings (SSSR count). The first kappa shape index (κ1) is 12.4. The Bertz CT molecular complexity index is 662. The summed E-state index contributed by atoms with van der Waals surface area (Å²) in [5.74, 6) is 0.969. The summed E-state index contributed by atoms with van der Waals surface area (Å²) in [6.45, 7) is 2.66. The highest BCUT2D eigenvalue weighted by Gasteiger charge is 2.17. The average Bonchev–Trinajstić information content (AvgIpc) is 2.88. The minimum atomic E-state index is 0.0634. The van der Waals surface area contributed by atoms with E-state index in [4.69, 9.17) is 4.74 Å². The Hall–Kier alpha value is -1.61. The molecule has 1 heterocycles. The minimum Gasteiger partial charge on any atom is -0.493 e. The van der Waals surface area contributed by atoms with Crippen LogP contribution in [0.1, 0.15) is 27.0 Å². The fourth-order valence-electron chi connectivity index (χ4n) is 2.34. The monoisotopic (exact) mass is 316 g/mol. The van der Waals surface area contributed by atoms with Gasteiger partial charge in [0.15, 0.2) is 5.78 Å². The highest BCUT2D eigenvalue weighted by atomic mass is 79.9. The number of ketones is 1. The molecule has 1 aliphatic heterocycles. The van der Waals surface area contributed by atoms with E-state index in [0.29, 0.717) is 6.61 Å². The van der Waals surface area contributed by atoms with Gasteiger partial charge >= 0.3 is 0 Å². The number of carbonyl (C=O) groups excluding carboxylic acids is 1. The van der Waals surface area contributed by atoms with Crippen molar-refractivity contribution < 1.29 is 9.53 Å². The number of rotatable bonds is 2. The van der Waals surface area contributed by atoms with Crippen molar-refractivity contribution >= 4 is 21.7 Å². The number of ether oxygens (including phenoxy) is 1. The molecule has 2 aromatic carbocycles. The maximum Gasteiger partial charge on any atom is 0.193 e. The average molecular weight is 317 g/mol. The van der Waals surface area contributed by atoms with Crippen LogP contribution in [0.4, 0.5) is 0 Å². The van der Waals surface area contributed by atoms with Gasteiger partial charge in [-0.25, -0.2) is 0 Å². The SMILES string of the molecule is Cc1c(Br)cccc1C(=O)c1ccc2c(c1)CCO2. The van der Waals surface area contributed by atoms with Crippen LogP contribution in [0.15, 0.2) is 40.9 Å². The molecule has 0 saturated heterocycles. The molecule has 3 heteroatoms. The van der Waals surface area contributed by atoms with Gasteiger partial charge in [-0.1, -0.05) is 28.1 Å². The van der Waals surface area contributed by atoms with E-state index in [-0.39, 0.29) is 5.78 Å². The Balaban J connectivity index is 2.02. The summed E-state index contributed by atoms with van der Waals surface area (Å²) in [4.78, 5) is 12.6. The van der Waals surface area contributed by atoms with Crippen LogP contribution in [0, 0.1) is 6.92 Å². The van der Waals surface area contributed by atoms with Crippen molar-refractivity contribution in [1.82, 2.24) is 0 Å². The van der Waals surface area contributed by atoms with Crippen LogP contribution in [-0.4, -0.2) is 12.4 Å². The van der Waals surface area contributed by atoms with Crippen molar-refractivity contribution in [3.63, 3.8) is 0 Å². The zero-order chi connectivity index (χ0) is 13.4. The lowest BCUT2D eigenvalue weighted by atomic mass is 9.97. The molecule has 0 unspecified atom stereocenters. The van der Waals surface area contributed by atoms with E-state index >= 15 is 0 Å². The Labute approximate surface area is 120 Å². The van der Waals surface area contributed by atoms with Gasteiger partial charge < -0.3 is 4.74 Å². The van der Waals surface area contributed by atoms with Gasteiger partial charge in [-0.15, -0.1) is 0 Å². The number of halogens is 1. The topological polar surface area (TPSA) is 26.3 Å². The third-order valence-corrected chi connectivity index (χ3v) is 4.32.